The van der Waals surface area contributed by atoms with Gasteiger partial charge in [-0.1, -0.05) is 42.0 Å². The van der Waals surface area contributed by atoms with E-state index in [0.29, 0.717) is 0 Å². The summed E-state index contributed by atoms with van der Waals surface area (Å²) in [4.78, 5) is 11.1. The zero-order chi connectivity index (χ0) is 16.1. The van der Waals surface area contributed by atoms with Gasteiger partial charge >= 0.3 is 0 Å². The Hall–Kier alpha value is -2.78. The van der Waals surface area contributed by atoms with E-state index in [0.717, 1.165) is 22.4 Å². The first-order valence-electron chi connectivity index (χ1n) is 7.93. The van der Waals surface area contributed by atoms with Crippen molar-refractivity contribution in [1.82, 2.24) is 9.97 Å². The van der Waals surface area contributed by atoms with Crippen molar-refractivity contribution < 1.29 is 0 Å². The predicted octanol–water partition coefficient (Wildman–Crippen LogP) is 5.57. The number of aryl methyl sites for hydroxylation is 1. The van der Waals surface area contributed by atoms with Gasteiger partial charge in [0.05, 0.1) is 22.4 Å². The Morgan fingerprint density at radius 2 is 1.62 bits per heavy atom. The van der Waals surface area contributed by atoms with Gasteiger partial charge in [0.2, 0.25) is 0 Å². The molecule has 24 heavy (non-hydrogen) atoms. The Bertz CT molecular complexity index is 1110. The van der Waals surface area contributed by atoms with Crippen molar-refractivity contribution in [3.63, 3.8) is 0 Å². The summed E-state index contributed by atoms with van der Waals surface area (Å²) in [5.41, 5.74) is 8.70. The molecule has 0 saturated carbocycles. The highest BCUT2D eigenvalue weighted by Gasteiger charge is 2.27. The van der Waals surface area contributed by atoms with Gasteiger partial charge in [0, 0.05) is 16.0 Å². The van der Waals surface area contributed by atoms with E-state index in [1.165, 1.54) is 27.1 Å². The van der Waals surface area contributed by atoms with Crippen LogP contribution in [0, 0.1) is 6.92 Å². The molecule has 3 heteroatoms. The molecule has 0 radical (unpaired) electrons. The fourth-order valence-electron chi connectivity index (χ4n) is 3.25. The Morgan fingerprint density at radius 1 is 0.833 bits per heavy atom. The average Bonchev–Trinajstić information content (AvgIpc) is 3.21. The van der Waals surface area contributed by atoms with Gasteiger partial charge in [0.15, 0.2) is 0 Å². The molecule has 4 aromatic rings. The molecule has 1 aliphatic rings. The van der Waals surface area contributed by atoms with Crippen LogP contribution in [0.5, 0.6) is 0 Å². The summed E-state index contributed by atoms with van der Waals surface area (Å²) in [6.45, 7) is 2.13. The molecule has 0 N–H and O–H groups in total. The first-order chi connectivity index (χ1) is 11.8. The van der Waals surface area contributed by atoms with Crippen molar-refractivity contribution in [2.45, 2.75) is 6.92 Å². The molecule has 0 spiro atoms. The summed E-state index contributed by atoms with van der Waals surface area (Å²) in [6.07, 6.45) is 2.23. The number of rotatable bonds is 1. The molecule has 0 saturated heterocycles. The van der Waals surface area contributed by atoms with E-state index in [1.807, 2.05) is 24.3 Å². The molecule has 0 aliphatic heterocycles. The third-order valence-electron chi connectivity index (χ3n) is 4.38. The van der Waals surface area contributed by atoms with E-state index < -0.39 is 0 Å². The van der Waals surface area contributed by atoms with Crippen LogP contribution in [-0.2, 0) is 0 Å². The Kier molecular flexibility index (Phi) is 2.91. The molecule has 1 aliphatic carbocycles. The van der Waals surface area contributed by atoms with Gasteiger partial charge in [-0.25, -0.2) is 9.97 Å². The molecular formula is C21H14N2S. The van der Waals surface area contributed by atoms with Crippen LogP contribution in [0.1, 0.15) is 21.7 Å². The van der Waals surface area contributed by atoms with Crippen LogP contribution in [-0.4, -0.2) is 9.97 Å². The van der Waals surface area contributed by atoms with E-state index in [1.54, 1.807) is 11.3 Å². The molecule has 2 heterocycles. The topological polar surface area (TPSA) is 25.8 Å². The van der Waals surface area contributed by atoms with E-state index in [4.69, 9.17) is 9.97 Å². The first-order valence-corrected chi connectivity index (χ1v) is 8.81. The lowest BCUT2D eigenvalue weighted by atomic mass is 10.0. The van der Waals surface area contributed by atoms with Gasteiger partial charge in [0.1, 0.15) is 0 Å². The number of nitrogens with zero attached hydrogens (tertiary/aromatic N) is 2. The van der Waals surface area contributed by atoms with E-state index in [-0.39, 0.29) is 0 Å². The van der Waals surface area contributed by atoms with Gasteiger partial charge in [-0.3, -0.25) is 0 Å². The third kappa shape index (κ3) is 2.02. The normalized spacial score (nSPS) is 14.1. The van der Waals surface area contributed by atoms with Gasteiger partial charge < -0.3 is 0 Å². The summed E-state index contributed by atoms with van der Waals surface area (Å²) in [6, 6.07) is 18.8. The van der Waals surface area contributed by atoms with Gasteiger partial charge in [-0.15, -0.1) is 11.3 Å². The standard InChI is InChI=1S/C21H14N2S/c1-13-8-9-15-16(11-13)17(12-14-5-4-10-24-14)21-20(15)22-18-6-2-3-7-19(18)23-21/h2-12H,1H3/b17-12-. The van der Waals surface area contributed by atoms with Crippen LogP contribution in [0.2, 0.25) is 0 Å². The van der Waals surface area contributed by atoms with Gasteiger partial charge in [0.25, 0.3) is 0 Å². The van der Waals surface area contributed by atoms with Crippen LogP contribution in [0.15, 0.2) is 60.0 Å². The fraction of sp³-hybridized carbons (Fsp3) is 0.0476. The minimum Gasteiger partial charge on any atom is -0.244 e. The highest BCUT2D eigenvalue weighted by Crippen LogP contribution is 2.44. The number of benzene rings is 2. The second-order valence-electron chi connectivity index (χ2n) is 6.03. The first kappa shape index (κ1) is 13.6. The van der Waals surface area contributed by atoms with Crippen LogP contribution in [0.3, 0.4) is 0 Å². The van der Waals surface area contributed by atoms with Crippen LogP contribution in [0.4, 0.5) is 0 Å². The summed E-state index contributed by atoms with van der Waals surface area (Å²) in [7, 11) is 0. The quantitative estimate of drug-likeness (QED) is 0.402. The number of thiophene rings is 1. The molecule has 0 fully saturated rings. The largest absolute Gasteiger partial charge is 0.244 e. The zero-order valence-corrected chi connectivity index (χ0v) is 14.0. The predicted molar refractivity (Wildman–Crippen MR) is 101 cm³/mol. The lowest BCUT2D eigenvalue weighted by Gasteiger charge is -2.03. The number of hydrogen-bond donors (Lipinski definition) is 0. The summed E-state index contributed by atoms with van der Waals surface area (Å²) in [5.74, 6) is 0. The van der Waals surface area contributed by atoms with Crippen molar-refractivity contribution >= 4 is 34.0 Å². The average molecular weight is 326 g/mol. The van der Waals surface area contributed by atoms with Crippen molar-refractivity contribution in [3.05, 3.63) is 81.7 Å². The monoisotopic (exact) mass is 326 g/mol. The molecule has 2 aromatic carbocycles. The molecule has 0 atom stereocenters. The molecule has 114 valence electrons. The second kappa shape index (κ2) is 5.11. The smallest absolute Gasteiger partial charge is 0.0980 e. The Labute approximate surface area is 144 Å². The Balaban J connectivity index is 1.86. The Morgan fingerprint density at radius 3 is 2.38 bits per heavy atom. The maximum Gasteiger partial charge on any atom is 0.0980 e. The SMILES string of the molecule is Cc1ccc2c(c1)/C(=C/c1cccs1)c1nc3ccccc3nc1-2. The van der Waals surface area contributed by atoms with Crippen LogP contribution >= 0.6 is 11.3 Å². The molecule has 2 nitrogen and oxygen atoms in total. The fourth-order valence-corrected chi connectivity index (χ4v) is 3.91. The number of fused-ring (bicyclic) bond motifs is 4. The van der Waals surface area contributed by atoms with Crippen molar-refractivity contribution in [3.8, 4) is 11.3 Å². The third-order valence-corrected chi connectivity index (χ3v) is 5.20. The lowest BCUT2D eigenvalue weighted by Crippen LogP contribution is -1.92. The second-order valence-corrected chi connectivity index (χ2v) is 7.01. The minimum absolute atomic E-state index is 0.942. The molecule has 0 unspecified atom stereocenters. The molecular weight excluding hydrogens is 312 g/mol. The van der Waals surface area contributed by atoms with Gasteiger partial charge in [-0.05, 0) is 42.1 Å². The van der Waals surface area contributed by atoms with Crippen LogP contribution < -0.4 is 0 Å². The summed E-state index contributed by atoms with van der Waals surface area (Å²) >= 11 is 1.74. The maximum absolute atomic E-state index is 4.94. The maximum atomic E-state index is 4.94. The van der Waals surface area contributed by atoms with Gasteiger partial charge in [-0.2, -0.15) is 0 Å². The van der Waals surface area contributed by atoms with Crippen molar-refractivity contribution in [1.29, 1.82) is 0 Å². The highest BCUT2D eigenvalue weighted by atomic mass is 32.1. The molecule has 0 amide bonds. The van der Waals surface area contributed by atoms with Crippen molar-refractivity contribution in [2.24, 2.45) is 0 Å². The summed E-state index contributed by atoms with van der Waals surface area (Å²) in [5, 5.41) is 2.10. The number of aromatic nitrogens is 2. The highest BCUT2D eigenvalue weighted by molar-refractivity contribution is 7.10. The molecule has 5 rings (SSSR count). The molecule has 2 aromatic heterocycles. The van der Waals surface area contributed by atoms with Crippen molar-refractivity contribution in [2.75, 3.05) is 0 Å². The van der Waals surface area contributed by atoms with Crippen LogP contribution in [0.25, 0.3) is 33.9 Å². The molecule has 0 bridgehead atoms. The van der Waals surface area contributed by atoms with E-state index >= 15 is 0 Å². The number of hydrogen-bond acceptors (Lipinski definition) is 3. The zero-order valence-electron chi connectivity index (χ0n) is 13.2. The van der Waals surface area contributed by atoms with E-state index in [2.05, 4.69) is 48.7 Å². The minimum atomic E-state index is 0.942. The van der Waals surface area contributed by atoms with E-state index in [9.17, 15) is 0 Å². The number of para-hydroxylation sites is 2. The summed E-state index contributed by atoms with van der Waals surface area (Å²) < 4.78 is 0. The lowest BCUT2D eigenvalue weighted by molar-refractivity contribution is 1.28.